The second-order valence-corrected chi connectivity index (χ2v) is 6.85. The van der Waals surface area contributed by atoms with Crippen LogP contribution in [0.3, 0.4) is 0 Å². The first kappa shape index (κ1) is 20.4. The highest BCUT2D eigenvalue weighted by Crippen LogP contribution is 2.49. The lowest BCUT2D eigenvalue weighted by Crippen LogP contribution is -2.63. The smallest absolute Gasteiger partial charge is 0.349 e. The van der Waals surface area contributed by atoms with Gasteiger partial charge in [0.15, 0.2) is 0 Å². The van der Waals surface area contributed by atoms with Crippen molar-refractivity contribution >= 4 is 17.6 Å². The molecule has 0 saturated carbocycles. The molecule has 1 unspecified atom stereocenters. The highest BCUT2D eigenvalue weighted by atomic mass is 19.4. The van der Waals surface area contributed by atoms with Crippen LogP contribution >= 0.6 is 0 Å². The Morgan fingerprint density at radius 2 is 1.87 bits per heavy atom. The molecule has 3 N–H and O–H groups in total. The number of aromatic nitrogens is 2. The number of aromatic amines is 1. The van der Waals surface area contributed by atoms with Crippen molar-refractivity contribution in [1.82, 2.24) is 20.6 Å². The fraction of sp³-hybridized carbons (Fsp3) is 0.150. The van der Waals surface area contributed by atoms with Crippen LogP contribution in [0.15, 0.2) is 60.8 Å². The van der Waals surface area contributed by atoms with Crippen molar-refractivity contribution in [2.24, 2.45) is 0 Å². The lowest BCUT2D eigenvalue weighted by molar-refractivity contribution is -0.258. The van der Waals surface area contributed by atoms with E-state index in [1.54, 1.807) is 6.07 Å². The zero-order valence-corrected chi connectivity index (χ0v) is 15.7. The van der Waals surface area contributed by atoms with Crippen LogP contribution in [0.2, 0.25) is 0 Å². The van der Waals surface area contributed by atoms with Crippen molar-refractivity contribution in [1.29, 1.82) is 0 Å². The molecule has 2 aromatic carbocycles. The monoisotopic (exact) mass is 433 g/mol. The number of nitrogens with zero attached hydrogens (tertiary/aromatic N) is 2. The van der Waals surface area contributed by atoms with Gasteiger partial charge < -0.3 is 10.6 Å². The topological polar surface area (TPSA) is 90.1 Å². The Balaban J connectivity index is 1.81. The molecule has 3 amide bonds. The predicted octanol–water partition coefficient (Wildman–Crippen LogP) is 4.00. The molecule has 1 aliphatic rings. The average Bonchev–Trinajstić information content (AvgIpc) is 3.28. The number of alkyl halides is 3. The van der Waals surface area contributed by atoms with Crippen LogP contribution in [0, 0.1) is 0 Å². The summed E-state index contributed by atoms with van der Waals surface area (Å²) >= 11 is 0. The summed E-state index contributed by atoms with van der Waals surface area (Å²) in [6.45, 7) is -1.23. The average molecular weight is 433 g/mol. The summed E-state index contributed by atoms with van der Waals surface area (Å²) in [7, 11) is 0. The van der Waals surface area contributed by atoms with Gasteiger partial charge in [-0.15, -0.1) is 5.12 Å². The minimum Gasteiger partial charge on any atom is -0.349 e. The van der Waals surface area contributed by atoms with Crippen molar-refractivity contribution in [3.8, 4) is 11.3 Å². The molecule has 0 aliphatic carbocycles. The molecule has 0 spiro atoms. The van der Waals surface area contributed by atoms with E-state index in [2.05, 4.69) is 20.8 Å². The second kappa shape index (κ2) is 7.42. The summed E-state index contributed by atoms with van der Waals surface area (Å²) in [6, 6.07) is 11.3. The molecule has 1 atom stereocenters. The Morgan fingerprint density at radius 1 is 1.13 bits per heavy atom. The first-order valence-corrected chi connectivity index (χ1v) is 9.05. The number of carbonyl (C=O) groups is 2. The van der Waals surface area contributed by atoms with Crippen LogP contribution in [-0.2, 0) is 5.54 Å². The van der Waals surface area contributed by atoms with Gasteiger partial charge in [-0.3, -0.25) is 9.89 Å². The molecule has 3 aromatic rings. The number of halogens is 4. The lowest BCUT2D eigenvalue weighted by Gasteiger charge is -2.43. The first-order chi connectivity index (χ1) is 14.7. The van der Waals surface area contributed by atoms with Crippen LogP contribution in [0.4, 0.5) is 28.1 Å². The number of fused-ring (bicyclic) bond motifs is 1. The van der Waals surface area contributed by atoms with Crippen LogP contribution < -0.4 is 10.6 Å². The number of benzene rings is 2. The van der Waals surface area contributed by atoms with Gasteiger partial charge in [0.2, 0.25) is 5.54 Å². The summed E-state index contributed by atoms with van der Waals surface area (Å²) < 4.78 is 58.1. The number of H-pyrrole nitrogens is 1. The molecule has 0 radical (unpaired) electrons. The van der Waals surface area contributed by atoms with Gasteiger partial charge in [-0.25, -0.2) is 4.79 Å². The molecular formula is C20H15F4N5O2. The van der Waals surface area contributed by atoms with E-state index >= 15 is 0 Å². The van der Waals surface area contributed by atoms with Gasteiger partial charge in [-0.1, -0.05) is 28.7 Å². The van der Waals surface area contributed by atoms with Crippen molar-refractivity contribution in [2.75, 3.05) is 11.9 Å². The zero-order valence-electron chi connectivity index (χ0n) is 15.7. The van der Waals surface area contributed by atoms with Gasteiger partial charge in [-0.2, -0.15) is 18.3 Å². The van der Waals surface area contributed by atoms with Crippen LogP contribution in [0.1, 0.15) is 15.9 Å². The number of rotatable bonds is 4. The van der Waals surface area contributed by atoms with E-state index in [4.69, 9.17) is 0 Å². The van der Waals surface area contributed by atoms with E-state index in [-0.39, 0.29) is 11.3 Å². The third kappa shape index (κ3) is 3.37. The fourth-order valence-corrected chi connectivity index (χ4v) is 3.45. The third-order valence-electron chi connectivity index (χ3n) is 5.04. The first-order valence-electron chi connectivity index (χ1n) is 9.05. The van der Waals surface area contributed by atoms with E-state index in [0.29, 0.717) is 11.3 Å². The minimum absolute atomic E-state index is 0.0944. The number of carbonyl (C=O) groups excluding carboxylic acids is 2. The number of hydrogen-bond donors (Lipinski definition) is 3. The quantitative estimate of drug-likeness (QED) is 0.429. The van der Waals surface area contributed by atoms with E-state index in [1.165, 1.54) is 48.7 Å². The van der Waals surface area contributed by atoms with Crippen molar-refractivity contribution in [2.45, 2.75) is 11.7 Å². The Hall–Kier alpha value is -3.89. The van der Waals surface area contributed by atoms with Crippen molar-refractivity contribution < 1.29 is 27.2 Å². The van der Waals surface area contributed by atoms with Gasteiger partial charge in [0, 0.05) is 28.6 Å². The van der Waals surface area contributed by atoms with Gasteiger partial charge in [0.25, 0.3) is 5.91 Å². The molecule has 31 heavy (non-hydrogen) atoms. The molecule has 4 rings (SSSR count). The maximum atomic E-state index is 14.9. The summed E-state index contributed by atoms with van der Waals surface area (Å²) in [4.78, 5) is 24.4. The maximum Gasteiger partial charge on any atom is 0.420 e. The molecule has 0 bridgehead atoms. The summed E-state index contributed by atoms with van der Waals surface area (Å²) in [6.07, 6.45) is -3.85. The van der Waals surface area contributed by atoms with E-state index in [0.717, 1.165) is 6.07 Å². The molecule has 0 fully saturated rings. The van der Waals surface area contributed by atoms with Crippen molar-refractivity contribution in [3.05, 3.63) is 71.9 Å². The Kier molecular flexibility index (Phi) is 4.88. The second-order valence-electron chi connectivity index (χ2n) is 6.85. The van der Waals surface area contributed by atoms with Crippen LogP contribution in [-0.4, -0.2) is 40.0 Å². The Morgan fingerprint density at radius 3 is 2.52 bits per heavy atom. The largest absolute Gasteiger partial charge is 0.420 e. The number of anilines is 1. The van der Waals surface area contributed by atoms with Gasteiger partial charge in [0.1, 0.15) is 0 Å². The standard InChI is InChI=1S/C20H15F4N5O2/c21-20(22,23)19(11-25-17(30)12-4-2-1-3-5-12)14-10-13(15-8-9-26-28-15)6-7-16(14)27-18(31)29(19)24/h1-10H,11H2,(H,25,30)(H,26,28)(H,27,31). The predicted molar refractivity (Wildman–Crippen MR) is 102 cm³/mol. The lowest BCUT2D eigenvalue weighted by atomic mass is 9.84. The van der Waals surface area contributed by atoms with Gasteiger partial charge >= 0.3 is 12.2 Å². The molecule has 11 heteroatoms. The zero-order chi connectivity index (χ0) is 22.2. The SMILES string of the molecule is O=C(NCC1(C(F)(F)F)c2cc(-c3ccn[nH]3)ccc2NC(=O)N1F)c1ccccc1. The van der Waals surface area contributed by atoms with Gasteiger partial charge in [0.05, 0.1) is 12.2 Å². The number of hydrogen-bond acceptors (Lipinski definition) is 3. The molecule has 0 saturated heterocycles. The number of nitrogens with one attached hydrogen (secondary N) is 3. The molecular weight excluding hydrogens is 418 g/mol. The normalized spacial score (nSPS) is 18.3. The summed E-state index contributed by atoms with van der Waals surface area (Å²) in [5, 5.41) is 9.68. The molecule has 1 aromatic heterocycles. The molecule has 7 nitrogen and oxygen atoms in total. The Labute approximate surface area is 173 Å². The molecule has 160 valence electrons. The maximum absolute atomic E-state index is 14.9. The molecule has 2 heterocycles. The highest BCUT2D eigenvalue weighted by Gasteiger charge is 2.65. The van der Waals surface area contributed by atoms with Gasteiger partial charge in [-0.05, 0) is 30.3 Å². The van der Waals surface area contributed by atoms with Crippen LogP contribution in [0.25, 0.3) is 11.3 Å². The highest BCUT2D eigenvalue weighted by molar-refractivity contribution is 5.96. The fourth-order valence-electron chi connectivity index (χ4n) is 3.45. The number of amides is 3. The van der Waals surface area contributed by atoms with Crippen molar-refractivity contribution in [3.63, 3.8) is 0 Å². The van der Waals surface area contributed by atoms with E-state index in [1.807, 2.05) is 0 Å². The van der Waals surface area contributed by atoms with Crippen LogP contribution in [0.5, 0.6) is 0 Å². The molecule has 1 aliphatic heterocycles. The number of urea groups is 1. The third-order valence-corrected chi connectivity index (χ3v) is 5.04. The Bertz CT molecular complexity index is 1120. The summed E-state index contributed by atoms with van der Waals surface area (Å²) in [5.74, 6) is -0.838. The minimum atomic E-state index is -5.26. The van der Waals surface area contributed by atoms with E-state index < -0.39 is 40.9 Å². The summed E-state index contributed by atoms with van der Waals surface area (Å²) in [5.41, 5.74) is -3.42. The van der Waals surface area contributed by atoms with E-state index in [9.17, 15) is 27.2 Å².